The molecule has 0 radical (unpaired) electrons. The number of halogens is 1. The fourth-order valence-corrected chi connectivity index (χ4v) is 2.33. The highest BCUT2D eigenvalue weighted by Gasteiger charge is 2.52. The number of nitrogens with zero attached hydrogens (tertiary/aromatic N) is 3. The van der Waals surface area contributed by atoms with Crippen molar-refractivity contribution in [2.45, 2.75) is 24.8 Å². The molecule has 0 bridgehead atoms. The summed E-state index contributed by atoms with van der Waals surface area (Å²) >= 11 is 3.35. The second kappa shape index (κ2) is 4.80. The third-order valence-corrected chi connectivity index (χ3v) is 3.70. The summed E-state index contributed by atoms with van der Waals surface area (Å²) in [6, 6.07) is 1.80. The summed E-state index contributed by atoms with van der Waals surface area (Å²) in [7, 11) is 0. The smallest absolute Gasteiger partial charge is 0.248 e. The Morgan fingerprint density at radius 3 is 3.00 bits per heavy atom. The first-order chi connectivity index (χ1) is 9.21. The van der Waals surface area contributed by atoms with Gasteiger partial charge in [0.1, 0.15) is 11.8 Å². The lowest BCUT2D eigenvalue weighted by atomic mass is 10.2. The monoisotopic (exact) mass is 324 g/mol. The van der Waals surface area contributed by atoms with Gasteiger partial charge in [0.25, 0.3) is 0 Å². The molecule has 0 unspecified atom stereocenters. The molecule has 1 aliphatic carbocycles. The van der Waals surface area contributed by atoms with Gasteiger partial charge in [-0.3, -0.25) is 9.48 Å². The van der Waals surface area contributed by atoms with Crippen molar-refractivity contribution < 1.29 is 9.32 Å². The maximum atomic E-state index is 12.2. The van der Waals surface area contributed by atoms with E-state index in [1.807, 2.05) is 6.20 Å². The molecule has 0 atom stereocenters. The first-order valence-corrected chi connectivity index (χ1v) is 6.88. The van der Waals surface area contributed by atoms with Crippen LogP contribution in [0.15, 0.2) is 33.7 Å². The topological polar surface area (TPSA) is 73.0 Å². The Morgan fingerprint density at radius 1 is 1.58 bits per heavy atom. The third kappa shape index (κ3) is 2.42. The first-order valence-electron chi connectivity index (χ1n) is 6.09. The maximum absolute atomic E-state index is 12.2. The van der Waals surface area contributed by atoms with Crippen LogP contribution in [0.3, 0.4) is 0 Å². The van der Waals surface area contributed by atoms with Crippen LogP contribution >= 0.6 is 15.9 Å². The van der Waals surface area contributed by atoms with E-state index in [1.165, 1.54) is 6.26 Å². The standard InChI is InChI=1S/C12H13BrN4O2/c13-9-7-15-17(8-9)12(3-4-12)11(18)14-5-1-10-2-6-19-16-10/h2,6-8H,1,3-5H2,(H,14,18). The summed E-state index contributed by atoms with van der Waals surface area (Å²) in [5.74, 6) is 0.0200. The van der Waals surface area contributed by atoms with Gasteiger partial charge in [0.15, 0.2) is 0 Å². The Bertz CT molecular complexity index is 574. The molecule has 1 amide bonds. The van der Waals surface area contributed by atoms with Crippen molar-refractivity contribution in [2.24, 2.45) is 0 Å². The Hall–Kier alpha value is -1.63. The number of carbonyl (C=O) groups excluding carboxylic acids is 1. The van der Waals surface area contributed by atoms with Crippen LogP contribution in [0.2, 0.25) is 0 Å². The molecule has 19 heavy (non-hydrogen) atoms. The van der Waals surface area contributed by atoms with E-state index in [0.717, 1.165) is 23.0 Å². The Morgan fingerprint density at radius 2 is 2.42 bits per heavy atom. The normalized spacial score (nSPS) is 16.3. The van der Waals surface area contributed by atoms with Gasteiger partial charge < -0.3 is 9.84 Å². The summed E-state index contributed by atoms with van der Waals surface area (Å²) in [6.07, 6.45) is 7.39. The van der Waals surface area contributed by atoms with Crippen LogP contribution in [0.1, 0.15) is 18.5 Å². The lowest BCUT2D eigenvalue weighted by molar-refractivity contribution is -0.125. The van der Waals surface area contributed by atoms with Gasteiger partial charge in [0, 0.05) is 25.2 Å². The van der Waals surface area contributed by atoms with Crippen LogP contribution in [-0.2, 0) is 16.8 Å². The minimum Gasteiger partial charge on any atom is -0.365 e. The van der Waals surface area contributed by atoms with Crippen molar-refractivity contribution in [3.63, 3.8) is 0 Å². The van der Waals surface area contributed by atoms with Crippen LogP contribution < -0.4 is 5.32 Å². The molecule has 7 heteroatoms. The van der Waals surface area contributed by atoms with Crippen molar-refractivity contribution in [3.8, 4) is 0 Å². The highest BCUT2D eigenvalue weighted by Crippen LogP contribution is 2.43. The van der Waals surface area contributed by atoms with Crippen LogP contribution in [0.5, 0.6) is 0 Å². The number of hydrogen-bond donors (Lipinski definition) is 1. The molecular weight excluding hydrogens is 312 g/mol. The zero-order valence-electron chi connectivity index (χ0n) is 10.2. The van der Waals surface area contributed by atoms with Gasteiger partial charge >= 0.3 is 0 Å². The third-order valence-electron chi connectivity index (χ3n) is 3.29. The fraction of sp³-hybridized carbons (Fsp3) is 0.417. The van der Waals surface area contributed by atoms with Crippen molar-refractivity contribution >= 4 is 21.8 Å². The van der Waals surface area contributed by atoms with Crippen molar-refractivity contribution in [1.82, 2.24) is 20.3 Å². The van der Waals surface area contributed by atoms with Crippen LogP contribution in [0, 0.1) is 0 Å². The molecule has 0 spiro atoms. The van der Waals surface area contributed by atoms with Crippen LogP contribution in [0.4, 0.5) is 0 Å². The number of aromatic nitrogens is 3. The summed E-state index contributed by atoms with van der Waals surface area (Å²) in [6.45, 7) is 0.551. The van der Waals surface area contributed by atoms with Crippen molar-refractivity contribution in [1.29, 1.82) is 0 Å². The van der Waals surface area contributed by atoms with E-state index in [0.29, 0.717) is 13.0 Å². The molecule has 1 N–H and O–H groups in total. The summed E-state index contributed by atoms with van der Waals surface area (Å²) in [5, 5.41) is 10.9. The molecule has 2 aromatic heterocycles. The van der Waals surface area contributed by atoms with E-state index in [9.17, 15) is 4.79 Å². The predicted octanol–water partition coefficient (Wildman–Crippen LogP) is 1.48. The van der Waals surface area contributed by atoms with E-state index in [4.69, 9.17) is 4.52 Å². The molecular formula is C12H13BrN4O2. The van der Waals surface area contributed by atoms with Gasteiger partial charge in [-0.05, 0) is 28.8 Å². The Balaban J connectivity index is 1.58. The van der Waals surface area contributed by atoms with Gasteiger partial charge in [0.05, 0.1) is 16.4 Å². The van der Waals surface area contributed by atoms with E-state index in [2.05, 4.69) is 31.5 Å². The molecule has 1 aliphatic rings. The summed E-state index contributed by atoms with van der Waals surface area (Å²) in [5.41, 5.74) is 0.350. The van der Waals surface area contributed by atoms with Gasteiger partial charge in [-0.25, -0.2) is 0 Å². The van der Waals surface area contributed by atoms with E-state index < -0.39 is 5.54 Å². The van der Waals surface area contributed by atoms with Crippen molar-refractivity contribution in [3.05, 3.63) is 34.9 Å². The minimum absolute atomic E-state index is 0.0200. The van der Waals surface area contributed by atoms with Gasteiger partial charge in [-0.15, -0.1) is 0 Å². The molecule has 0 saturated heterocycles. The molecule has 1 fully saturated rings. The lowest BCUT2D eigenvalue weighted by Crippen LogP contribution is -2.39. The largest absolute Gasteiger partial charge is 0.365 e. The number of amides is 1. The SMILES string of the molecule is O=C(NCCc1ccon1)C1(n2cc(Br)cn2)CC1. The molecule has 1 saturated carbocycles. The van der Waals surface area contributed by atoms with Crippen LogP contribution in [-0.4, -0.2) is 27.4 Å². The molecule has 0 aliphatic heterocycles. The quantitative estimate of drug-likeness (QED) is 0.904. The number of nitrogens with one attached hydrogen (secondary N) is 1. The molecule has 3 rings (SSSR count). The Kier molecular flexibility index (Phi) is 3.14. The van der Waals surface area contributed by atoms with E-state index >= 15 is 0 Å². The van der Waals surface area contributed by atoms with E-state index in [1.54, 1.807) is 16.9 Å². The highest BCUT2D eigenvalue weighted by molar-refractivity contribution is 9.10. The average molecular weight is 325 g/mol. The highest BCUT2D eigenvalue weighted by atomic mass is 79.9. The average Bonchev–Trinajstić information content (AvgIpc) is 2.83. The number of rotatable bonds is 5. The van der Waals surface area contributed by atoms with Crippen LogP contribution in [0.25, 0.3) is 0 Å². The summed E-state index contributed by atoms with van der Waals surface area (Å²) in [4.78, 5) is 12.2. The minimum atomic E-state index is -0.490. The van der Waals surface area contributed by atoms with Crippen molar-refractivity contribution in [2.75, 3.05) is 6.54 Å². The van der Waals surface area contributed by atoms with Gasteiger partial charge in [-0.1, -0.05) is 5.16 Å². The Labute approximate surface area is 118 Å². The predicted molar refractivity (Wildman–Crippen MR) is 70.4 cm³/mol. The molecule has 6 nitrogen and oxygen atoms in total. The molecule has 2 heterocycles. The second-order valence-corrected chi connectivity index (χ2v) is 5.55. The van der Waals surface area contributed by atoms with E-state index in [-0.39, 0.29) is 5.91 Å². The zero-order valence-corrected chi connectivity index (χ0v) is 11.8. The second-order valence-electron chi connectivity index (χ2n) is 4.63. The summed E-state index contributed by atoms with van der Waals surface area (Å²) < 4.78 is 7.36. The maximum Gasteiger partial charge on any atom is 0.248 e. The van der Waals surface area contributed by atoms with Gasteiger partial charge in [-0.2, -0.15) is 5.10 Å². The molecule has 2 aromatic rings. The molecule has 0 aromatic carbocycles. The number of carbonyl (C=O) groups is 1. The number of hydrogen-bond acceptors (Lipinski definition) is 4. The zero-order chi connectivity index (χ0) is 13.3. The first kappa shape index (κ1) is 12.4. The van der Waals surface area contributed by atoms with Gasteiger partial charge in [0.2, 0.25) is 5.91 Å². The lowest BCUT2D eigenvalue weighted by Gasteiger charge is -2.15. The fourth-order valence-electron chi connectivity index (χ4n) is 2.05. The molecule has 100 valence electrons.